The van der Waals surface area contributed by atoms with E-state index in [9.17, 15) is 14.4 Å². The number of piperazine rings is 1. The quantitative estimate of drug-likeness (QED) is 0.716. The molecule has 1 N–H and O–H groups in total. The van der Waals surface area contributed by atoms with Crippen LogP contribution >= 0.6 is 23.2 Å². The maximum atomic E-state index is 12.8. The minimum atomic E-state index is -0.549. The first-order valence-corrected chi connectivity index (χ1v) is 11.6. The van der Waals surface area contributed by atoms with E-state index < -0.39 is 6.03 Å². The van der Waals surface area contributed by atoms with Crippen molar-refractivity contribution in [1.29, 1.82) is 0 Å². The van der Waals surface area contributed by atoms with Crippen molar-refractivity contribution in [3.63, 3.8) is 0 Å². The lowest BCUT2D eigenvalue weighted by Crippen LogP contribution is -2.56. The zero-order valence-electron chi connectivity index (χ0n) is 17.9. The van der Waals surface area contributed by atoms with E-state index in [0.717, 1.165) is 49.5 Å². The fourth-order valence-electron chi connectivity index (χ4n) is 4.54. The summed E-state index contributed by atoms with van der Waals surface area (Å²) in [6, 6.07) is 11.0. The molecule has 10 heteroatoms. The van der Waals surface area contributed by atoms with Gasteiger partial charge in [0.1, 0.15) is 0 Å². The van der Waals surface area contributed by atoms with Crippen molar-refractivity contribution >= 4 is 46.7 Å². The molecular formula is C23H23Cl2N5O3. The van der Waals surface area contributed by atoms with Gasteiger partial charge in [0.05, 0.1) is 23.1 Å². The number of nitrogens with zero attached hydrogens (tertiary/aromatic N) is 4. The van der Waals surface area contributed by atoms with Crippen LogP contribution in [0.25, 0.3) is 0 Å². The molecule has 0 atom stereocenters. The maximum absolute atomic E-state index is 12.8. The highest BCUT2D eigenvalue weighted by atomic mass is 35.5. The van der Waals surface area contributed by atoms with E-state index in [1.54, 1.807) is 0 Å². The number of hydrogen-bond donors (Lipinski definition) is 1. The normalized spacial score (nSPS) is 19.2. The monoisotopic (exact) mass is 487 g/mol. The van der Waals surface area contributed by atoms with Gasteiger partial charge in [0.25, 0.3) is 5.91 Å². The molecule has 5 rings (SSSR count). The van der Waals surface area contributed by atoms with Crippen LogP contribution in [0.5, 0.6) is 0 Å². The molecule has 2 fully saturated rings. The molecule has 0 spiro atoms. The Morgan fingerprint density at radius 3 is 2.36 bits per heavy atom. The van der Waals surface area contributed by atoms with Crippen molar-refractivity contribution in [1.82, 2.24) is 20.2 Å². The predicted molar refractivity (Wildman–Crippen MR) is 125 cm³/mol. The van der Waals surface area contributed by atoms with Crippen molar-refractivity contribution in [2.45, 2.75) is 19.5 Å². The lowest BCUT2D eigenvalue weighted by atomic mass is 10.1. The summed E-state index contributed by atoms with van der Waals surface area (Å²) >= 11 is 12.2. The highest BCUT2D eigenvalue weighted by molar-refractivity contribution is 6.42. The number of carbonyl (C=O) groups excluding carboxylic acids is 3. The second-order valence-corrected chi connectivity index (χ2v) is 9.26. The molecule has 0 bridgehead atoms. The Hall–Kier alpha value is -2.81. The van der Waals surface area contributed by atoms with Crippen LogP contribution in [0.4, 0.5) is 10.5 Å². The van der Waals surface area contributed by atoms with Crippen LogP contribution in [0, 0.1) is 0 Å². The number of hydrogen-bond acceptors (Lipinski definition) is 5. The van der Waals surface area contributed by atoms with Gasteiger partial charge < -0.3 is 4.90 Å². The molecule has 3 aliphatic heterocycles. The second kappa shape index (κ2) is 8.85. The number of carbonyl (C=O) groups is 3. The van der Waals surface area contributed by atoms with E-state index in [2.05, 4.69) is 15.1 Å². The molecule has 2 aromatic carbocycles. The van der Waals surface area contributed by atoms with Gasteiger partial charge in [-0.3, -0.25) is 19.8 Å². The predicted octanol–water partition coefficient (Wildman–Crippen LogP) is 3.13. The van der Waals surface area contributed by atoms with Gasteiger partial charge in [0.2, 0.25) is 5.91 Å². The van der Waals surface area contributed by atoms with Crippen LogP contribution in [-0.2, 0) is 17.9 Å². The van der Waals surface area contributed by atoms with Crippen LogP contribution in [0.15, 0.2) is 36.4 Å². The Bertz CT molecular complexity index is 1130. The zero-order chi connectivity index (χ0) is 23.1. The van der Waals surface area contributed by atoms with Crippen LogP contribution in [0.2, 0.25) is 10.0 Å². The van der Waals surface area contributed by atoms with Crippen molar-refractivity contribution in [2.24, 2.45) is 0 Å². The fraction of sp³-hybridized carbons (Fsp3) is 0.348. The fourth-order valence-corrected chi connectivity index (χ4v) is 4.83. The third-order valence-corrected chi connectivity index (χ3v) is 7.06. The third-order valence-electron chi connectivity index (χ3n) is 6.32. The summed E-state index contributed by atoms with van der Waals surface area (Å²) in [5, 5.41) is 6.14. The van der Waals surface area contributed by atoms with Gasteiger partial charge in [0.15, 0.2) is 0 Å². The number of benzene rings is 2. The van der Waals surface area contributed by atoms with Crippen molar-refractivity contribution in [2.75, 3.05) is 37.6 Å². The molecule has 2 aromatic rings. The number of nitrogens with one attached hydrogen (secondary N) is 1. The minimum absolute atomic E-state index is 0.186. The number of imide groups is 1. The Kier molecular flexibility index (Phi) is 5.90. The SMILES string of the molecule is O=C1CCN(N2Cc3cc(CN4CCN(c5ccc(Cl)c(Cl)c5)CC4)ccc3C2=O)C(=O)N1. The van der Waals surface area contributed by atoms with Gasteiger partial charge in [-0.25, -0.2) is 14.8 Å². The van der Waals surface area contributed by atoms with Crippen LogP contribution in [0.3, 0.4) is 0 Å². The first-order chi connectivity index (χ1) is 15.9. The molecule has 33 heavy (non-hydrogen) atoms. The Morgan fingerprint density at radius 1 is 0.848 bits per heavy atom. The smallest absolute Gasteiger partial charge is 0.342 e. The summed E-state index contributed by atoms with van der Waals surface area (Å²) in [5.41, 5.74) is 3.71. The molecule has 0 aliphatic carbocycles. The largest absolute Gasteiger partial charge is 0.369 e. The molecule has 2 saturated heterocycles. The Morgan fingerprint density at radius 2 is 1.64 bits per heavy atom. The van der Waals surface area contributed by atoms with Gasteiger partial charge in [-0.2, -0.15) is 0 Å². The number of urea groups is 1. The summed E-state index contributed by atoms with van der Waals surface area (Å²) < 4.78 is 0. The number of anilines is 1. The van der Waals surface area contributed by atoms with Gasteiger partial charge in [-0.1, -0.05) is 35.3 Å². The highest BCUT2D eigenvalue weighted by Gasteiger charge is 2.37. The second-order valence-electron chi connectivity index (χ2n) is 8.44. The summed E-state index contributed by atoms with van der Waals surface area (Å²) in [5.74, 6) is -0.529. The Balaban J connectivity index is 1.21. The van der Waals surface area contributed by atoms with E-state index in [1.165, 1.54) is 10.0 Å². The molecular weight excluding hydrogens is 465 g/mol. The third kappa shape index (κ3) is 4.38. The molecule has 8 nitrogen and oxygen atoms in total. The first kappa shape index (κ1) is 22.0. The zero-order valence-corrected chi connectivity index (χ0v) is 19.4. The molecule has 0 aromatic heterocycles. The molecule has 0 unspecified atom stereocenters. The molecule has 3 aliphatic rings. The van der Waals surface area contributed by atoms with E-state index in [-0.39, 0.29) is 24.8 Å². The first-order valence-electron chi connectivity index (χ1n) is 10.9. The molecule has 172 valence electrons. The van der Waals surface area contributed by atoms with E-state index in [4.69, 9.17) is 23.2 Å². The van der Waals surface area contributed by atoms with E-state index in [1.807, 2.05) is 36.4 Å². The van der Waals surface area contributed by atoms with Crippen molar-refractivity contribution < 1.29 is 14.4 Å². The van der Waals surface area contributed by atoms with Crippen molar-refractivity contribution in [3.8, 4) is 0 Å². The van der Waals surface area contributed by atoms with Crippen LogP contribution < -0.4 is 10.2 Å². The van der Waals surface area contributed by atoms with Gasteiger partial charge in [0, 0.05) is 50.4 Å². The summed E-state index contributed by atoms with van der Waals surface area (Å²) in [7, 11) is 0. The van der Waals surface area contributed by atoms with Gasteiger partial charge >= 0.3 is 6.03 Å². The average molecular weight is 488 g/mol. The number of rotatable bonds is 4. The van der Waals surface area contributed by atoms with Crippen LogP contribution in [0.1, 0.15) is 27.9 Å². The molecule has 0 radical (unpaired) electrons. The van der Waals surface area contributed by atoms with E-state index in [0.29, 0.717) is 22.2 Å². The average Bonchev–Trinajstić information content (AvgIpc) is 3.12. The maximum Gasteiger partial charge on any atom is 0.342 e. The van der Waals surface area contributed by atoms with Crippen molar-refractivity contribution in [3.05, 3.63) is 63.1 Å². The molecule has 3 heterocycles. The number of amides is 4. The lowest BCUT2D eigenvalue weighted by molar-refractivity contribution is -0.123. The molecule has 4 amide bonds. The number of fused-ring (bicyclic) bond motifs is 1. The summed E-state index contributed by atoms with van der Waals surface area (Å²) in [6.07, 6.45) is 0.186. The summed E-state index contributed by atoms with van der Waals surface area (Å²) in [6.45, 7) is 4.91. The van der Waals surface area contributed by atoms with E-state index >= 15 is 0 Å². The van der Waals surface area contributed by atoms with Gasteiger partial charge in [-0.05, 0) is 35.4 Å². The van der Waals surface area contributed by atoms with Crippen LogP contribution in [-0.4, -0.2) is 65.5 Å². The Labute approximate surface area is 201 Å². The number of halogens is 2. The lowest BCUT2D eigenvalue weighted by Gasteiger charge is -2.36. The topological polar surface area (TPSA) is 76.2 Å². The minimum Gasteiger partial charge on any atom is -0.369 e. The molecule has 0 saturated carbocycles. The van der Waals surface area contributed by atoms with Gasteiger partial charge in [-0.15, -0.1) is 0 Å². The standard InChI is InChI=1S/C23H23Cl2N5O3/c24-19-4-2-17(12-20(19)25)28-9-7-27(8-10-28)13-15-1-3-18-16(11-15)14-30(22(18)32)29-6-5-21(31)26-23(29)33/h1-4,11-12H,5-10,13-14H2,(H,26,31,33). The highest BCUT2D eigenvalue weighted by Crippen LogP contribution is 2.29. The number of hydrazine groups is 1. The summed E-state index contributed by atoms with van der Waals surface area (Å²) in [4.78, 5) is 41.1.